The number of nitrogens with two attached hydrogens (primary N) is 1. The Bertz CT molecular complexity index is 728. The molecule has 0 radical (unpaired) electrons. The van der Waals surface area contributed by atoms with Crippen molar-refractivity contribution in [3.8, 4) is 12.1 Å². The van der Waals surface area contributed by atoms with Crippen molar-refractivity contribution < 1.29 is 0 Å². The van der Waals surface area contributed by atoms with Gasteiger partial charge in [-0.15, -0.1) is 11.8 Å². The van der Waals surface area contributed by atoms with Gasteiger partial charge in [0.15, 0.2) is 0 Å². The standard InChI is InChI=1S/C19H25N7S/c20-9-15-1-3-16(4-2-15)11-24-7-5-17(6-8-24)26(23)12-19(22)25-14-27-13-18(25)10-21/h1-4,17-18,22H,5-8,11-14,23H2. The van der Waals surface area contributed by atoms with Gasteiger partial charge in [0.1, 0.15) is 11.9 Å². The van der Waals surface area contributed by atoms with Gasteiger partial charge in [-0.25, -0.2) is 5.01 Å². The molecule has 27 heavy (non-hydrogen) atoms. The molecule has 1 atom stereocenters. The summed E-state index contributed by atoms with van der Waals surface area (Å²) in [6.07, 6.45) is 1.94. The van der Waals surface area contributed by atoms with Gasteiger partial charge >= 0.3 is 0 Å². The maximum Gasteiger partial charge on any atom is 0.127 e. The molecule has 2 fully saturated rings. The molecule has 1 unspecified atom stereocenters. The number of thioether (sulfide) groups is 1. The van der Waals surface area contributed by atoms with Crippen LogP contribution in [0.15, 0.2) is 24.3 Å². The molecule has 3 rings (SSSR count). The SMILES string of the molecule is N#Cc1ccc(CN2CCC(N(N)CC(=N)N3CSCC3C#N)CC2)cc1. The summed E-state index contributed by atoms with van der Waals surface area (Å²) in [5.74, 6) is 8.16. The van der Waals surface area contributed by atoms with E-state index in [-0.39, 0.29) is 12.1 Å². The van der Waals surface area contributed by atoms with E-state index in [1.165, 1.54) is 5.56 Å². The summed E-state index contributed by atoms with van der Waals surface area (Å²) in [6, 6.07) is 12.2. The predicted octanol–water partition coefficient (Wildman–Crippen LogP) is 1.57. The lowest BCUT2D eigenvalue weighted by Gasteiger charge is -2.37. The molecule has 1 aromatic rings. The highest BCUT2D eigenvalue weighted by molar-refractivity contribution is 7.99. The smallest absolute Gasteiger partial charge is 0.127 e. The molecule has 0 saturated carbocycles. The van der Waals surface area contributed by atoms with Crippen molar-refractivity contribution in [2.24, 2.45) is 5.84 Å². The molecule has 2 heterocycles. The molecule has 3 N–H and O–H groups in total. The summed E-state index contributed by atoms with van der Waals surface area (Å²) in [5, 5.41) is 28.1. The topological polar surface area (TPSA) is 107 Å². The van der Waals surface area contributed by atoms with E-state index in [1.54, 1.807) is 16.8 Å². The second-order valence-corrected chi connectivity index (χ2v) is 8.05. The number of rotatable bonds is 5. The van der Waals surface area contributed by atoms with Crippen molar-refractivity contribution in [3.05, 3.63) is 35.4 Å². The Morgan fingerprint density at radius 2 is 1.96 bits per heavy atom. The van der Waals surface area contributed by atoms with Crippen LogP contribution in [0, 0.1) is 28.1 Å². The van der Waals surface area contributed by atoms with Gasteiger partial charge in [0.25, 0.3) is 0 Å². The highest BCUT2D eigenvalue weighted by Crippen LogP contribution is 2.22. The third-order valence-electron chi connectivity index (χ3n) is 5.23. The summed E-state index contributed by atoms with van der Waals surface area (Å²) >= 11 is 1.69. The van der Waals surface area contributed by atoms with Crippen LogP contribution in [0.2, 0.25) is 0 Å². The van der Waals surface area contributed by atoms with Crippen LogP contribution < -0.4 is 5.84 Å². The number of piperidine rings is 1. The second kappa shape index (κ2) is 9.20. The Morgan fingerprint density at radius 1 is 1.26 bits per heavy atom. The van der Waals surface area contributed by atoms with Gasteiger partial charge in [0.2, 0.25) is 0 Å². The molecule has 7 nitrogen and oxygen atoms in total. The Labute approximate surface area is 164 Å². The monoisotopic (exact) mass is 383 g/mol. The number of likely N-dealkylation sites (tertiary alicyclic amines) is 1. The van der Waals surface area contributed by atoms with Crippen LogP contribution >= 0.6 is 11.8 Å². The summed E-state index contributed by atoms with van der Waals surface area (Å²) in [4.78, 5) is 4.25. The van der Waals surface area contributed by atoms with Gasteiger partial charge < -0.3 is 4.90 Å². The summed E-state index contributed by atoms with van der Waals surface area (Å²) in [5.41, 5.74) is 1.90. The van der Waals surface area contributed by atoms with E-state index in [9.17, 15) is 5.26 Å². The van der Waals surface area contributed by atoms with Crippen LogP contribution in [0.5, 0.6) is 0 Å². The van der Waals surface area contributed by atoms with Crippen LogP contribution in [-0.2, 0) is 6.54 Å². The third kappa shape index (κ3) is 5.00. The Balaban J connectivity index is 1.45. The molecule has 0 aliphatic carbocycles. The van der Waals surface area contributed by atoms with Gasteiger partial charge in [-0.1, -0.05) is 12.1 Å². The first-order valence-corrected chi connectivity index (χ1v) is 10.3. The molecule has 0 bridgehead atoms. The van der Waals surface area contributed by atoms with Crippen LogP contribution in [-0.4, -0.2) is 64.0 Å². The molecule has 2 aliphatic heterocycles. The molecule has 8 heteroatoms. The highest BCUT2D eigenvalue weighted by Gasteiger charge is 2.29. The largest absolute Gasteiger partial charge is 0.333 e. The average molecular weight is 384 g/mol. The molecule has 0 amide bonds. The molecular formula is C19H25N7S. The van der Waals surface area contributed by atoms with Crippen LogP contribution in [0.1, 0.15) is 24.0 Å². The fraction of sp³-hybridized carbons (Fsp3) is 0.526. The lowest BCUT2D eigenvalue weighted by molar-refractivity contribution is 0.114. The Hall–Kier alpha value is -2.10. The fourth-order valence-corrected chi connectivity index (χ4v) is 4.68. The zero-order valence-electron chi connectivity index (χ0n) is 15.3. The molecule has 2 saturated heterocycles. The maximum absolute atomic E-state index is 9.18. The lowest BCUT2D eigenvalue weighted by atomic mass is 10.0. The van der Waals surface area contributed by atoms with E-state index in [4.69, 9.17) is 16.5 Å². The van der Waals surface area contributed by atoms with Gasteiger partial charge in [-0.3, -0.25) is 16.2 Å². The van der Waals surface area contributed by atoms with E-state index in [1.807, 2.05) is 29.2 Å². The quantitative estimate of drug-likeness (QED) is 0.344. The number of hydrazine groups is 1. The van der Waals surface area contributed by atoms with Crippen molar-refractivity contribution in [1.82, 2.24) is 14.8 Å². The zero-order valence-corrected chi connectivity index (χ0v) is 16.2. The lowest BCUT2D eigenvalue weighted by Crippen LogP contribution is -2.52. The van der Waals surface area contributed by atoms with Crippen LogP contribution in [0.3, 0.4) is 0 Å². The third-order valence-corrected chi connectivity index (χ3v) is 6.24. The van der Waals surface area contributed by atoms with E-state index < -0.39 is 0 Å². The van der Waals surface area contributed by atoms with Crippen molar-refractivity contribution in [3.63, 3.8) is 0 Å². The zero-order chi connectivity index (χ0) is 19.2. The second-order valence-electron chi connectivity index (χ2n) is 7.05. The highest BCUT2D eigenvalue weighted by atomic mass is 32.2. The number of hydrogen-bond donors (Lipinski definition) is 2. The number of benzene rings is 1. The van der Waals surface area contributed by atoms with Gasteiger partial charge in [0, 0.05) is 31.4 Å². The van der Waals surface area contributed by atoms with E-state index in [2.05, 4.69) is 17.0 Å². The van der Waals surface area contributed by atoms with Crippen LogP contribution in [0.25, 0.3) is 0 Å². The summed E-state index contributed by atoms with van der Waals surface area (Å²) in [7, 11) is 0. The first-order valence-electron chi connectivity index (χ1n) is 9.15. The Kier molecular flexibility index (Phi) is 6.70. The van der Waals surface area contributed by atoms with Gasteiger partial charge in [0.05, 0.1) is 30.1 Å². The minimum atomic E-state index is -0.204. The van der Waals surface area contributed by atoms with Gasteiger partial charge in [-0.2, -0.15) is 10.5 Å². The summed E-state index contributed by atoms with van der Waals surface area (Å²) < 4.78 is 0. The number of nitrogens with one attached hydrogen (secondary N) is 1. The van der Waals surface area contributed by atoms with E-state index in [0.29, 0.717) is 23.8 Å². The molecule has 0 aromatic heterocycles. The van der Waals surface area contributed by atoms with Crippen molar-refractivity contribution in [1.29, 1.82) is 15.9 Å². The number of nitrogens with zero attached hydrogens (tertiary/aromatic N) is 5. The molecular weight excluding hydrogens is 358 g/mol. The molecule has 0 spiro atoms. The first kappa shape index (κ1) is 19.7. The molecule has 2 aliphatic rings. The minimum Gasteiger partial charge on any atom is -0.333 e. The molecule has 1 aromatic carbocycles. The van der Waals surface area contributed by atoms with Gasteiger partial charge in [-0.05, 0) is 30.5 Å². The average Bonchev–Trinajstić information content (AvgIpc) is 3.18. The predicted molar refractivity (Wildman–Crippen MR) is 107 cm³/mol. The number of amidine groups is 1. The summed E-state index contributed by atoms with van der Waals surface area (Å²) in [6.45, 7) is 3.20. The van der Waals surface area contributed by atoms with Crippen molar-refractivity contribution >= 4 is 17.6 Å². The first-order chi connectivity index (χ1) is 13.1. The van der Waals surface area contributed by atoms with Crippen molar-refractivity contribution in [2.75, 3.05) is 31.3 Å². The molecule has 142 valence electrons. The number of nitriles is 2. The van der Waals surface area contributed by atoms with E-state index in [0.717, 1.165) is 38.2 Å². The fourth-order valence-electron chi connectivity index (χ4n) is 3.56. The normalized spacial score (nSPS) is 21.2. The maximum atomic E-state index is 9.18. The minimum absolute atomic E-state index is 0.204. The Morgan fingerprint density at radius 3 is 2.59 bits per heavy atom. The van der Waals surface area contributed by atoms with E-state index >= 15 is 0 Å². The van der Waals surface area contributed by atoms with Crippen molar-refractivity contribution in [2.45, 2.75) is 31.5 Å². The van der Waals surface area contributed by atoms with Crippen LogP contribution in [0.4, 0.5) is 0 Å². The number of hydrogen-bond acceptors (Lipinski definition) is 7.